The lowest BCUT2D eigenvalue weighted by atomic mass is 9.35. The van der Waals surface area contributed by atoms with E-state index in [0.717, 1.165) is 51.2 Å². The molecule has 0 aliphatic heterocycles. The monoisotopic (exact) mass is 389 g/mol. The van der Waals surface area contributed by atoms with Crippen LogP contribution in [0.3, 0.4) is 0 Å². The maximum absolute atomic E-state index is 11.0. The van der Waals surface area contributed by atoms with Crippen LogP contribution in [0, 0.1) is 28.6 Å². The summed E-state index contributed by atoms with van der Waals surface area (Å²) in [7, 11) is 0. The number of nitrogens with two attached hydrogens (primary N) is 3. The van der Waals surface area contributed by atoms with Gasteiger partial charge in [0, 0.05) is 28.5 Å². The van der Waals surface area contributed by atoms with Gasteiger partial charge in [-0.15, -0.1) is 0 Å². The standard InChI is InChI=1S/C24H43N3O/c1-4-17-16-23(26)19-10-9-18(8-7-15-28)20(19,2)13-14-24(23,27)21(3)11-5-6-12-22(17,21)25/h15,17-19H,4-14,16,25-27H2,1-3H3/t17-,18?,19?,20?,21?,22?,23?,24-/m0/s1. The van der Waals surface area contributed by atoms with Crippen molar-refractivity contribution in [2.24, 2.45) is 45.8 Å². The summed E-state index contributed by atoms with van der Waals surface area (Å²) < 4.78 is 0. The fourth-order valence-corrected chi connectivity index (χ4v) is 9.20. The molecule has 4 aliphatic rings. The van der Waals surface area contributed by atoms with Crippen molar-refractivity contribution in [1.82, 2.24) is 0 Å². The van der Waals surface area contributed by atoms with Crippen LogP contribution < -0.4 is 17.2 Å². The molecule has 4 rings (SSSR count). The highest BCUT2D eigenvalue weighted by Gasteiger charge is 2.75. The number of carbonyl (C=O) groups is 1. The van der Waals surface area contributed by atoms with Gasteiger partial charge in [0.05, 0.1) is 0 Å². The molecular formula is C24H43N3O. The van der Waals surface area contributed by atoms with Gasteiger partial charge in [-0.05, 0) is 74.5 Å². The van der Waals surface area contributed by atoms with E-state index >= 15 is 0 Å². The van der Waals surface area contributed by atoms with E-state index in [1.54, 1.807) is 0 Å². The van der Waals surface area contributed by atoms with E-state index in [1.807, 2.05) is 0 Å². The van der Waals surface area contributed by atoms with Gasteiger partial charge < -0.3 is 22.0 Å². The van der Waals surface area contributed by atoms with Crippen molar-refractivity contribution in [2.45, 2.75) is 114 Å². The summed E-state index contributed by atoms with van der Waals surface area (Å²) in [5.41, 5.74) is 21.5. The van der Waals surface area contributed by atoms with Gasteiger partial charge >= 0.3 is 0 Å². The van der Waals surface area contributed by atoms with Crippen molar-refractivity contribution < 1.29 is 4.79 Å². The maximum Gasteiger partial charge on any atom is 0.120 e. The Morgan fingerprint density at radius 1 is 0.929 bits per heavy atom. The average molecular weight is 390 g/mol. The molecule has 0 saturated heterocycles. The highest BCUT2D eigenvalue weighted by molar-refractivity contribution is 5.49. The van der Waals surface area contributed by atoms with Gasteiger partial charge in [0.25, 0.3) is 0 Å². The molecule has 6 N–H and O–H groups in total. The van der Waals surface area contributed by atoms with Gasteiger partial charge in [0.1, 0.15) is 6.29 Å². The molecule has 0 aromatic rings. The van der Waals surface area contributed by atoms with Crippen LogP contribution in [0.2, 0.25) is 0 Å². The van der Waals surface area contributed by atoms with Crippen LogP contribution in [-0.2, 0) is 4.79 Å². The Kier molecular flexibility index (Phi) is 4.85. The molecule has 0 aromatic heterocycles. The third-order valence-corrected chi connectivity index (χ3v) is 11.0. The number of aldehydes is 1. The van der Waals surface area contributed by atoms with E-state index in [1.165, 1.54) is 25.7 Å². The summed E-state index contributed by atoms with van der Waals surface area (Å²) in [6, 6.07) is 0. The summed E-state index contributed by atoms with van der Waals surface area (Å²) in [5.74, 6) is 1.51. The van der Waals surface area contributed by atoms with Gasteiger partial charge in [-0.1, -0.05) is 40.0 Å². The minimum atomic E-state index is -0.384. The molecule has 4 fully saturated rings. The van der Waals surface area contributed by atoms with Crippen LogP contribution in [0.15, 0.2) is 0 Å². The van der Waals surface area contributed by atoms with Crippen LogP contribution in [0.1, 0.15) is 97.8 Å². The largest absolute Gasteiger partial charge is 0.324 e. The molecule has 0 heterocycles. The zero-order chi connectivity index (χ0) is 20.4. The van der Waals surface area contributed by atoms with Gasteiger partial charge in [0.15, 0.2) is 0 Å². The van der Waals surface area contributed by atoms with Crippen molar-refractivity contribution in [3.8, 4) is 0 Å². The van der Waals surface area contributed by atoms with Crippen LogP contribution in [-0.4, -0.2) is 22.9 Å². The first kappa shape index (κ1) is 20.8. The molecule has 4 saturated carbocycles. The van der Waals surface area contributed by atoms with Gasteiger partial charge in [-0.3, -0.25) is 0 Å². The summed E-state index contributed by atoms with van der Waals surface area (Å²) in [6.07, 6.45) is 14.0. The Bertz CT molecular complexity index is 639. The normalized spacial score (nSPS) is 55.9. The van der Waals surface area contributed by atoms with E-state index in [-0.39, 0.29) is 27.4 Å². The maximum atomic E-state index is 11.0. The second-order valence-corrected chi connectivity index (χ2v) is 11.5. The zero-order valence-electron chi connectivity index (χ0n) is 18.4. The lowest BCUT2D eigenvalue weighted by molar-refractivity contribution is -0.175. The number of rotatable bonds is 4. The van der Waals surface area contributed by atoms with E-state index < -0.39 is 0 Å². The predicted octanol–water partition coefficient (Wildman–Crippen LogP) is 3.89. The topological polar surface area (TPSA) is 95.1 Å². The first-order valence-corrected chi connectivity index (χ1v) is 11.9. The van der Waals surface area contributed by atoms with Crippen molar-refractivity contribution in [1.29, 1.82) is 0 Å². The van der Waals surface area contributed by atoms with Gasteiger partial charge in [-0.2, -0.15) is 0 Å². The van der Waals surface area contributed by atoms with Crippen LogP contribution in [0.25, 0.3) is 0 Å². The zero-order valence-corrected chi connectivity index (χ0v) is 18.4. The Morgan fingerprint density at radius 3 is 2.32 bits per heavy atom. The fraction of sp³-hybridized carbons (Fsp3) is 0.958. The molecule has 4 nitrogen and oxygen atoms in total. The smallest absolute Gasteiger partial charge is 0.120 e. The number of fused-ring (bicyclic) bond motifs is 5. The molecule has 4 aliphatic carbocycles. The van der Waals surface area contributed by atoms with Crippen molar-refractivity contribution in [2.75, 3.05) is 0 Å². The first-order chi connectivity index (χ1) is 13.1. The van der Waals surface area contributed by atoms with Crippen molar-refractivity contribution in [3.63, 3.8) is 0 Å². The third kappa shape index (κ3) is 2.26. The summed E-state index contributed by atoms with van der Waals surface area (Å²) in [5, 5.41) is 0. The Labute approximate surface area is 171 Å². The summed E-state index contributed by atoms with van der Waals surface area (Å²) in [6.45, 7) is 7.16. The highest BCUT2D eigenvalue weighted by Crippen LogP contribution is 2.71. The lowest BCUT2D eigenvalue weighted by Gasteiger charge is -2.75. The Balaban J connectivity index is 1.78. The quantitative estimate of drug-likeness (QED) is 0.636. The van der Waals surface area contributed by atoms with Crippen molar-refractivity contribution >= 4 is 6.29 Å². The fourth-order valence-electron chi connectivity index (χ4n) is 9.20. The highest BCUT2D eigenvalue weighted by atomic mass is 16.1. The van der Waals surface area contributed by atoms with E-state index in [2.05, 4.69) is 20.8 Å². The minimum Gasteiger partial charge on any atom is -0.324 e. The van der Waals surface area contributed by atoms with Gasteiger partial charge in [-0.25, -0.2) is 0 Å². The van der Waals surface area contributed by atoms with E-state index in [0.29, 0.717) is 24.2 Å². The Morgan fingerprint density at radius 2 is 1.64 bits per heavy atom. The van der Waals surface area contributed by atoms with Crippen LogP contribution in [0.5, 0.6) is 0 Å². The Hall–Kier alpha value is -0.450. The molecule has 8 atom stereocenters. The molecule has 160 valence electrons. The SMILES string of the molecule is CC[C@H]1CC2(N)C3CCC(CCC=O)C3(C)CC[C@]2(N)C2(C)CCCCC12N. The molecule has 6 unspecified atom stereocenters. The molecule has 0 spiro atoms. The second kappa shape index (κ2) is 6.52. The van der Waals surface area contributed by atoms with Crippen molar-refractivity contribution in [3.05, 3.63) is 0 Å². The van der Waals surface area contributed by atoms with Gasteiger partial charge in [0.2, 0.25) is 0 Å². The molecule has 4 heteroatoms. The molecule has 0 radical (unpaired) electrons. The molecule has 0 amide bonds. The minimum absolute atomic E-state index is 0.0891. The average Bonchev–Trinajstić information content (AvgIpc) is 3.01. The third-order valence-electron chi connectivity index (χ3n) is 11.0. The number of hydrogen-bond acceptors (Lipinski definition) is 4. The first-order valence-electron chi connectivity index (χ1n) is 11.9. The summed E-state index contributed by atoms with van der Waals surface area (Å²) in [4.78, 5) is 11.0. The van der Waals surface area contributed by atoms with E-state index in [9.17, 15) is 4.79 Å². The van der Waals surface area contributed by atoms with E-state index in [4.69, 9.17) is 17.2 Å². The van der Waals surface area contributed by atoms with Crippen LogP contribution >= 0.6 is 0 Å². The summed E-state index contributed by atoms with van der Waals surface area (Å²) >= 11 is 0. The number of hydrogen-bond donors (Lipinski definition) is 3. The molecular weight excluding hydrogens is 346 g/mol. The van der Waals surface area contributed by atoms with Crippen LogP contribution in [0.4, 0.5) is 0 Å². The predicted molar refractivity (Wildman–Crippen MR) is 115 cm³/mol. The number of carbonyl (C=O) groups excluding carboxylic acids is 1. The molecule has 28 heavy (non-hydrogen) atoms. The second-order valence-electron chi connectivity index (χ2n) is 11.5. The molecule has 0 bridgehead atoms. The molecule has 0 aromatic carbocycles. The lowest BCUT2D eigenvalue weighted by Crippen LogP contribution is -2.88.